The lowest BCUT2D eigenvalue weighted by molar-refractivity contribution is 0.0811. The van der Waals surface area contributed by atoms with Crippen LogP contribution in [0.3, 0.4) is 0 Å². The van der Waals surface area contributed by atoms with Crippen LogP contribution in [0.5, 0.6) is 0 Å². The van der Waals surface area contributed by atoms with Crippen LogP contribution in [0, 0.1) is 0 Å². The second kappa shape index (κ2) is 6.75. The molecule has 2 aliphatic rings. The molecule has 0 heterocycles. The first-order valence-corrected chi connectivity index (χ1v) is 7.78. The number of nitrogens with one attached hydrogen (secondary N) is 1. The number of rotatable bonds is 4. The summed E-state index contributed by atoms with van der Waals surface area (Å²) in [5, 5.41) is 3.44. The second-order valence-electron chi connectivity index (χ2n) is 5.92. The maximum absolute atomic E-state index is 3.44. The standard InChI is InChI=1S/C15H30N2/c1-3-17(14-7-5-4-6-8-14)15-11-9-13(16-2)10-12-15/h13-16H,3-12H2,1-2H3. The van der Waals surface area contributed by atoms with Crippen LogP contribution in [-0.2, 0) is 0 Å². The van der Waals surface area contributed by atoms with Gasteiger partial charge in [0.25, 0.3) is 0 Å². The van der Waals surface area contributed by atoms with E-state index in [1.165, 1.54) is 64.3 Å². The van der Waals surface area contributed by atoms with Gasteiger partial charge in [-0.3, -0.25) is 4.90 Å². The fourth-order valence-corrected chi connectivity index (χ4v) is 3.92. The van der Waals surface area contributed by atoms with Crippen LogP contribution in [-0.4, -0.2) is 36.6 Å². The van der Waals surface area contributed by atoms with Crippen LogP contribution >= 0.6 is 0 Å². The average molecular weight is 238 g/mol. The maximum atomic E-state index is 3.44. The summed E-state index contributed by atoms with van der Waals surface area (Å²) < 4.78 is 0. The molecule has 2 rings (SSSR count). The normalized spacial score (nSPS) is 31.9. The molecule has 17 heavy (non-hydrogen) atoms. The minimum absolute atomic E-state index is 0.788. The molecule has 0 radical (unpaired) electrons. The van der Waals surface area contributed by atoms with Gasteiger partial charge in [0.05, 0.1) is 0 Å². The summed E-state index contributed by atoms with van der Waals surface area (Å²) in [6.07, 6.45) is 12.9. The summed E-state index contributed by atoms with van der Waals surface area (Å²) in [4.78, 5) is 2.84. The van der Waals surface area contributed by atoms with Crippen LogP contribution in [0.4, 0.5) is 0 Å². The first kappa shape index (κ1) is 13.4. The summed E-state index contributed by atoms with van der Waals surface area (Å²) in [5.74, 6) is 0. The smallest absolute Gasteiger partial charge is 0.00992 e. The van der Waals surface area contributed by atoms with Gasteiger partial charge in [0.15, 0.2) is 0 Å². The van der Waals surface area contributed by atoms with Crippen molar-refractivity contribution in [2.45, 2.75) is 82.8 Å². The van der Waals surface area contributed by atoms with Crippen molar-refractivity contribution in [3.8, 4) is 0 Å². The minimum atomic E-state index is 0.788. The van der Waals surface area contributed by atoms with Gasteiger partial charge in [-0.15, -0.1) is 0 Å². The van der Waals surface area contributed by atoms with Gasteiger partial charge in [0.1, 0.15) is 0 Å². The van der Waals surface area contributed by atoms with Gasteiger partial charge in [0, 0.05) is 18.1 Å². The summed E-state index contributed by atoms with van der Waals surface area (Å²) in [6, 6.07) is 2.58. The Labute approximate surface area is 107 Å². The zero-order valence-electron chi connectivity index (χ0n) is 11.8. The monoisotopic (exact) mass is 238 g/mol. The molecular formula is C15H30N2. The molecule has 0 spiro atoms. The van der Waals surface area contributed by atoms with E-state index in [0.717, 1.165) is 18.1 Å². The maximum Gasteiger partial charge on any atom is 0.00992 e. The third kappa shape index (κ3) is 3.45. The van der Waals surface area contributed by atoms with Gasteiger partial charge in [-0.2, -0.15) is 0 Å². The Balaban J connectivity index is 1.85. The Kier molecular flexibility index (Phi) is 5.30. The van der Waals surface area contributed by atoms with E-state index in [1.807, 2.05) is 0 Å². The van der Waals surface area contributed by atoms with Crippen molar-refractivity contribution in [3.05, 3.63) is 0 Å². The highest BCUT2D eigenvalue weighted by molar-refractivity contribution is 4.86. The average Bonchev–Trinajstić information content (AvgIpc) is 2.42. The van der Waals surface area contributed by atoms with Crippen LogP contribution in [0.2, 0.25) is 0 Å². The van der Waals surface area contributed by atoms with Gasteiger partial charge in [-0.25, -0.2) is 0 Å². The van der Waals surface area contributed by atoms with Crippen molar-refractivity contribution < 1.29 is 0 Å². The van der Waals surface area contributed by atoms with Crippen molar-refractivity contribution in [1.29, 1.82) is 0 Å². The molecule has 0 aliphatic heterocycles. The molecule has 1 N–H and O–H groups in total. The molecule has 0 bridgehead atoms. The largest absolute Gasteiger partial charge is 0.317 e. The number of nitrogens with zero attached hydrogens (tertiary/aromatic N) is 1. The molecule has 0 aromatic heterocycles. The highest BCUT2D eigenvalue weighted by Crippen LogP contribution is 2.29. The molecule has 2 aliphatic carbocycles. The minimum Gasteiger partial charge on any atom is -0.317 e. The Morgan fingerprint density at radius 2 is 1.47 bits per heavy atom. The topological polar surface area (TPSA) is 15.3 Å². The third-order valence-corrected chi connectivity index (χ3v) is 4.98. The lowest BCUT2D eigenvalue weighted by atomic mass is 9.87. The lowest BCUT2D eigenvalue weighted by Gasteiger charge is -2.42. The van der Waals surface area contributed by atoms with E-state index in [9.17, 15) is 0 Å². The predicted molar refractivity (Wildman–Crippen MR) is 74.4 cm³/mol. The van der Waals surface area contributed by atoms with Crippen molar-refractivity contribution >= 4 is 0 Å². The van der Waals surface area contributed by atoms with E-state index >= 15 is 0 Å². The Hall–Kier alpha value is -0.0800. The van der Waals surface area contributed by atoms with Crippen LogP contribution < -0.4 is 5.32 Å². The molecule has 0 amide bonds. The van der Waals surface area contributed by atoms with Crippen LogP contribution in [0.25, 0.3) is 0 Å². The summed E-state index contributed by atoms with van der Waals surface area (Å²) in [5.41, 5.74) is 0. The third-order valence-electron chi connectivity index (χ3n) is 4.98. The van der Waals surface area contributed by atoms with E-state index in [-0.39, 0.29) is 0 Å². The molecule has 0 aromatic rings. The Bertz CT molecular complexity index is 203. The number of hydrogen-bond acceptors (Lipinski definition) is 2. The summed E-state index contributed by atoms with van der Waals surface area (Å²) in [7, 11) is 2.11. The molecule has 0 unspecified atom stereocenters. The van der Waals surface area contributed by atoms with Crippen molar-refractivity contribution in [2.75, 3.05) is 13.6 Å². The SMILES string of the molecule is CCN(C1CCCCC1)C1CCC(NC)CC1. The fraction of sp³-hybridized carbons (Fsp3) is 1.00. The van der Waals surface area contributed by atoms with Crippen molar-refractivity contribution in [1.82, 2.24) is 10.2 Å². The molecule has 100 valence electrons. The quantitative estimate of drug-likeness (QED) is 0.809. The molecule has 2 fully saturated rings. The van der Waals surface area contributed by atoms with Crippen LogP contribution in [0.15, 0.2) is 0 Å². The first-order chi connectivity index (χ1) is 8.35. The van der Waals surface area contributed by atoms with E-state index in [1.54, 1.807) is 0 Å². The van der Waals surface area contributed by atoms with Gasteiger partial charge in [-0.1, -0.05) is 26.2 Å². The lowest BCUT2D eigenvalue weighted by Crippen LogP contribution is -2.47. The zero-order chi connectivity index (χ0) is 12.1. The van der Waals surface area contributed by atoms with E-state index < -0.39 is 0 Å². The predicted octanol–water partition coefficient (Wildman–Crippen LogP) is 3.17. The Morgan fingerprint density at radius 3 is 2.00 bits per heavy atom. The fourth-order valence-electron chi connectivity index (χ4n) is 3.92. The molecule has 0 aromatic carbocycles. The van der Waals surface area contributed by atoms with Crippen LogP contribution in [0.1, 0.15) is 64.7 Å². The van der Waals surface area contributed by atoms with Crippen molar-refractivity contribution in [3.63, 3.8) is 0 Å². The summed E-state index contributed by atoms with van der Waals surface area (Å²) in [6.45, 7) is 3.62. The highest BCUT2D eigenvalue weighted by atomic mass is 15.2. The van der Waals surface area contributed by atoms with Gasteiger partial charge in [-0.05, 0) is 52.1 Å². The van der Waals surface area contributed by atoms with Gasteiger partial charge < -0.3 is 5.32 Å². The van der Waals surface area contributed by atoms with E-state index in [0.29, 0.717) is 0 Å². The zero-order valence-corrected chi connectivity index (χ0v) is 11.8. The van der Waals surface area contributed by atoms with E-state index in [2.05, 4.69) is 24.2 Å². The molecule has 0 atom stereocenters. The van der Waals surface area contributed by atoms with E-state index in [4.69, 9.17) is 0 Å². The highest BCUT2D eigenvalue weighted by Gasteiger charge is 2.29. The first-order valence-electron chi connectivity index (χ1n) is 7.78. The summed E-state index contributed by atoms with van der Waals surface area (Å²) >= 11 is 0. The van der Waals surface area contributed by atoms with Gasteiger partial charge in [0.2, 0.25) is 0 Å². The molecule has 2 nitrogen and oxygen atoms in total. The van der Waals surface area contributed by atoms with Gasteiger partial charge >= 0.3 is 0 Å². The molecule has 2 saturated carbocycles. The van der Waals surface area contributed by atoms with Crippen molar-refractivity contribution in [2.24, 2.45) is 0 Å². The molecule has 2 heteroatoms. The molecular weight excluding hydrogens is 208 g/mol. The second-order valence-corrected chi connectivity index (χ2v) is 5.92. The Morgan fingerprint density at radius 1 is 0.882 bits per heavy atom. The molecule has 0 saturated heterocycles. The number of hydrogen-bond donors (Lipinski definition) is 1.